The minimum atomic E-state index is 0. The molecule has 2 aromatic carbocycles. The van der Waals surface area contributed by atoms with E-state index in [-0.39, 0.29) is 24.0 Å². The molecule has 6 nitrogen and oxygen atoms in total. The van der Waals surface area contributed by atoms with E-state index in [0.717, 1.165) is 17.8 Å². The molecular weight excluding hydrogens is 477 g/mol. The van der Waals surface area contributed by atoms with Crippen molar-refractivity contribution in [1.82, 2.24) is 9.78 Å². The number of nitrogens with zero attached hydrogens (tertiary/aromatic N) is 3. The van der Waals surface area contributed by atoms with Crippen molar-refractivity contribution in [2.75, 3.05) is 19.0 Å². The number of aromatic nitrogens is 2. The van der Waals surface area contributed by atoms with E-state index in [1.165, 1.54) is 5.56 Å². The molecule has 0 bridgehead atoms. The van der Waals surface area contributed by atoms with Crippen LogP contribution in [-0.4, -0.2) is 29.4 Å². The lowest BCUT2D eigenvalue weighted by Crippen LogP contribution is -2.23. The van der Waals surface area contributed by atoms with Crippen LogP contribution < -0.4 is 15.8 Å². The van der Waals surface area contributed by atoms with Crippen LogP contribution in [0.4, 0.5) is 5.69 Å². The number of hydrogen-bond acceptors (Lipinski definition) is 3. The van der Waals surface area contributed by atoms with E-state index in [9.17, 15) is 0 Å². The third-order valence-corrected chi connectivity index (χ3v) is 4.11. The van der Waals surface area contributed by atoms with Crippen LogP contribution in [0.2, 0.25) is 5.02 Å². The summed E-state index contributed by atoms with van der Waals surface area (Å²) in [5.74, 6) is 0.964. The molecule has 0 aliphatic carbocycles. The molecule has 1 heterocycles. The average Bonchev–Trinajstić information content (AvgIpc) is 3.17. The Bertz CT molecular complexity index is 882. The van der Waals surface area contributed by atoms with Gasteiger partial charge in [-0.2, -0.15) is 5.10 Å². The fourth-order valence-corrected chi connectivity index (χ4v) is 2.73. The normalized spacial score (nSPS) is 11.0. The monoisotopic (exact) mass is 497 g/mol. The van der Waals surface area contributed by atoms with E-state index in [4.69, 9.17) is 22.1 Å². The number of ether oxygens (including phenoxy) is 1. The maximum atomic E-state index is 6.10. The molecule has 3 rings (SSSR count). The average molecular weight is 498 g/mol. The van der Waals surface area contributed by atoms with E-state index in [1.54, 1.807) is 25.4 Å². The largest absolute Gasteiger partial charge is 0.495 e. The number of guanidine groups is 1. The summed E-state index contributed by atoms with van der Waals surface area (Å²) < 4.78 is 6.95. The Morgan fingerprint density at radius 3 is 2.67 bits per heavy atom. The zero-order valence-electron chi connectivity index (χ0n) is 14.8. The minimum absolute atomic E-state index is 0. The van der Waals surface area contributed by atoms with Gasteiger partial charge in [-0.3, -0.25) is 4.99 Å². The van der Waals surface area contributed by atoms with Gasteiger partial charge in [0.05, 0.1) is 17.8 Å². The van der Waals surface area contributed by atoms with Crippen molar-refractivity contribution in [1.29, 1.82) is 0 Å². The Labute approximate surface area is 180 Å². The quantitative estimate of drug-likeness (QED) is 0.305. The fraction of sp³-hybridized carbons (Fsp3) is 0.158. The van der Waals surface area contributed by atoms with Gasteiger partial charge in [-0.15, -0.1) is 24.0 Å². The Kier molecular flexibility index (Phi) is 7.93. The molecule has 0 aliphatic rings. The highest BCUT2D eigenvalue weighted by atomic mass is 127. The van der Waals surface area contributed by atoms with Crippen molar-refractivity contribution >= 4 is 47.2 Å². The van der Waals surface area contributed by atoms with Crippen LogP contribution in [0.3, 0.4) is 0 Å². The molecule has 1 aromatic heterocycles. The first-order valence-electron chi connectivity index (χ1n) is 8.15. The Morgan fingerprint density at radius 2 is 2.04 bits per heavy atom. The molecule has 0 spiro atoms. The van der Waals surface area contributed by atoms with Crippen molar-refractivity contribution in [3.05, 3.63) is 71.5 Å². The maximum Gasteiger partial charge on any atom is 0.193 e. The number of hydrogen-bond donors (Lipinski definition) is 2. The van der Waals surface area contributed by atoms with Crippen molar-refractivity contribution in [3.63, 3.8) is 0 Å². The molecule has 0 aliphatic heterocycles. The van der Waals surface area contributed by atoms with Crippen molar-refractivity contribution in [2.24, 2.45) is 10.7 Å². The van der Waals surface area contributed by atoms with Crippen molar-refractivity contribution < 1.29 is 4.74 Å². The lowest BCUT2D eigenvalue weighted by atomic mass is 10.1. The summed E-state index contributed by atoms with van der Waals surface area (Å²) in [6.07, 6.45) is 4.47. The second kappa shape index (κ2) is 10.2. The second-order valence-electron chi connectivity index (χ2n) is 5.61. The summed E-state index contributed by atoms with van der Waals surface area (Å²) in [4.78, 5) is 4.35. The number of anilines is 1. The Balaban J connectivity index is 0.00000261. The predicted molar refractivity (Wildman–Crippen MR) is 121 cm³/mol. The first-order valence-corrected chi connectivity index (χ1v) is 8.53. The van der Waals surface area contributed by atoms with Crippen LogP contribution >= 0.6 is 35.6 Å². The van der Waals surface area contributed by atoms with Crippen molar-refractivity contribution in [2.45, 2.75) is 6.42 Å². The van der Waals surface area contributed by atoms with E-state index < -0.39 is 0 Å². The van der Waals surface area contributed by atoms with E-state index in [0.29, 0.717) is 23.3 Å². The van der Waals surface area contributed by atoms with Gasteiger partial charge in [0, 0.05) is 24.6 Å². The lowest BCUT2D eigenvalue weighted by molar-refractivity contribution is 0.415. The fourth-order valence-electron chi connectivity index (χ4n) is 2.47. The molecule has 0 radical (unpaired) electrons. The van der Waals surface area contributed by atoms with Gasteiger partial charge in [-0.05, 0) is 48.4 Å². The third-order valence-electron chi connectivity index (χ3n) is 3.81. The summed E-state index contributed by atoms with van der Waals surface area (Å²) in [6.45, 7) is 0.587. The second-order valence-corrected chi connectivity index (χ2v) is 6.02. The molecule has 0 amide bonds. The van der Waals surface area contributed by atoms with Gasteiger partial charge in [-0.1, -0.05) is 23.7 Å². The summed E-state index contributed by atoms with van der Waals surface area (Å²) >= 11 is 6.10. The van der Waals surface area contributed by atoms with Crippen LogP contribution in [0.25, 0.3) is 5.69 Å². The first kappa shape index (κ1) is 21.0. The molecule has 0 unspecified atom stereocenters. The maximum absolute atomic E-state index is 6.10. The number of methoxy groups -OCH3 is 1. The van der Waals surface area contributed by atoms with Crippen LogP contribution in [0, 0.1) is 0 Å². The van der Waals surface area contributed by atoms with Gasteiger partial charge < -0.3 is 15.8 Å². The van der Waals surface area contributed by atoms with Crippen LogP contribution in [0.1, 0.15) is 5.56 Å². The Hall–Kier alpha value is -2.26. The van der Waals surface area contributed by atoms with Gasteiger partial charge in [0.1, 0.15) is 5.75 Å². The highest BCUT2D eigenvalue weighted by molar-refractivity contribution is 14.0. The van der Waals surface area contributed by atoms with Gasteiger partial charge in [0.15, 0.2) is 5.96 Å². The van der Waals surface area contributed by atoms with E-state index >= 15 is 0 Å². The highest BCUT2D eigenvalue weighted by Gasteiger charge is 2.03. The topological polar surface area (TPSA) is 77.5 Å². The van der Waals surface area contributed by atoms with E-state index in [2.05, 4.69) is 27.5 Å². The standard InChI is InChI=1S/C19H20ClN5O.HI/c1-26-18-8-5-15(13-17(18)20)24-19(21)22-11-9-14-3-6-16(7-4-14)25-12-2-10-23-25;/h2-8,10,12-13H,9,11H2,1H3,(H3,21,22,24);1H. The first-order chi connectivity index (χ1) is 12.7. The number of nitrogens with two attached hydrogens (primary N) is 1. The summed E-state index contributed by atoms with van der Waals surface area (Å²) in [5.41, 5.74) is 8.91. The van der Waals surface area contributed by atoms with Gasteiger partial charge in [-0.25, -0.2) is 4.68 Å². The van der Waals surface area contributed by atoms with Crippen molar-refractivity contribution in [3.8, 4) is 11.4 Å². The number of aliphatic imine (C=N–C) groups is 1. The summed E-state index contributed by atoms with van der Waals surface area (Å²) in [5, 5.41) is 7.75. The molecule has 0 saturated carbocycles. The smallest absolute Gasteiger partial charge is 0.193 e. The summed E-state index contributed by atoms with van der Waals surface area (Å²) in [6, 6.07) is 15.5. The molecule has 3 N–H and O–H groups in total. The number of rotatable bonds is 6. The number of halogens is 2. The molecule has 0 saturated heterocycles. The highest BCUT2D eigenvalue weighted by Crippen LogP contribution is 2.27. The summed E-state index contributed by atoms with van der Waals surface area (Å²) in [7, 11) is 1.58. The minimum Gasteiger partial charge on any atom is -0.495 e. The molecule has 142 valence electrons. The zero-order chi connectivity index (χ0) is 18.4. The third kappa shape index (κ3) is 5.86. The number of nitrogens with one attached hydrogen (secondary N) is 1. The Morgan fingerprint density at radius 1 is 1.26 bits per heavy atom. The van der Waals surface area contributed by atoms with E-state index in [1.807, 2.05) is 35.1 Å². The van der Waals surface area contributed by atoms with Crippen LogP contribution in [0.5, 0.6) is 5.75 Å². The molecule has 27 heavy (non-hydrogen) atoms. The zero-order valence-corrected chi connectivity index (χ0v) is 17.9. The molecule has 3 aromatic rings. The van der Waals surface area contributed by atoms with Gasteiger partial charge in [0.25, 0.3) is 0 Å². The van der Waals surface area contributed by atoms with Gasteiger partial charge in [0.2, 0.25) is 0 Å². The molecule has 0 fully saturated rings. The molecule has 8 heteroatoms. The van der Waals surface area contributed by atoms with Crippen LogP contribution in [0.15, 0.2) is 65.9 Å². The predicted octanol–water partition coefficient (Wildman–Crippen LogP) is 4.12. The number of benzene rings is 2. The molecular formula is C19H21ClIN5O. The lowest BCUT2D eigenvalue weighted by Gasteiger charge is -2.08. The van der Waals surface area contributed by atoms with Gasteiger partial charge >= 0.3 is 0 Å². The van der Waals surface area contributed by atoms with Crippen LogP contribution in [-0.2, 0) is 6.42 Å². The SMILES string of the molecule is COc1ccc(NC(N)=NCCc2ccc(-n3cccn3)cc2)cc1Cl.I. The molecule has 0 atom stereocenters.